The van der Waals surface area contributed by atoms with Crippen molar-refractivity contribution in [2.24, 2.45) is 11.7 Å². The third kappa shape index (κ3) is 4.80. The summed E-state index contributed by atoms with van der Waals surface area (Å²) < 4.78 is 0. The van der Waals surface area contributed by atoms with E-state index >= 15 is 0 Å². The molecule has 0 saturated heterocycles. The highest BCUT2D eigenvalue weighted by Crippen LogP contribution is 2.30. The van der Waals surface area contributed by atoms with Gasteiger partial charge in [0.15, 0.2) is 0 Å². The Kier molecular flexibility index (Phi) is 5.93. The lowest BCUT2D eigenvalue weighted by atomic mass is 9.80. The van der Waals surface area contributed by atoms with Crippen LogP contribution in [-0.4, -0.2) is 6.04 Å². The topological polar surface area (TPSA) is 26.0 Å². The van der Waals surface area contributed by atoms with Gasteiger partial charge in [0.05, 0.1) is 0 Å². The van der Waals surface area contributed by atoms with Gasteiger partial charge in [-0.25, -0.2) is 0 Å². The lowest BCUT2D eigenvalue weighted by Gasteiger charge is -2.28. The summed E-state index contributed by atoms with van der Waals surface area (Å²) in [6.45, 7) is 3.73. The molecular formula is C13H25N. The lowest BCUT2D eigenvalue weighted by molar-refractivity contribution is 0.270. The first-order valence-electron chi connectivity index (χ1n) is 6.19. The highest BCUT2D eigenvalue weighted by molar-refractivity contribution is 4.75. The van der Waals surface area contributed by atoms with Crippen molar-refractivity contribution < 1.29 is 0 Å². The molecule has 1 rings (SSSR count). The van der Waals surface area contributed by atoms with E-state index < -0.39 is 0 Å². The van der Waals surface area contributed by atoms with Crippen molar-refractivity contribution in [3.05, 3.63) is 12.7 Å². The van der Waals surface area contributed by atoms with Gasteiger partial charge in [0.2, 0.25) is 0 Å². The zero-order valence-electron chi connectivity index (χ0n) is 9.38. The van der Waals surface area contributed by atoms with E-state index in [-0.39, 0.29) is 0 Å². The van der Waals surface area contributed by atoms with Crippen molar-refractivity contribution in [3.63, 3.8) is 0 Å². The molecule has 1 fully saturated rings. The molecule has 1 nitrogen and oxygen atoms in total. The van der Waals surface area contributed by atoms with Gasteiger partial charge < -0.3 is 5.73 Å². The van der Waals surface area contributed by atoms with Crippen molar-refractivity contribution in [3.8, 4) is 0 Å². The fraction of sp³-hybridized carbons (Fsp3) is 0.846. The average Bonchev–Trinajstić information content (AvgIpc) is 2.11. The number of rotatable bonds is 8. The van der Waals surface area contributed by atoms with Gasteiger partial charge in [0, 0.05) is 6.04 Å². The first-order chi connectivity index (χ1) is 6.83. The molecular weight excluding hydrogens is 170 g/mol. The van der Waals surface area contributed by atoms with Gasteiger partial charge in [-0.2, -0.15) is 0 Å². The van der Waals surface area contributed by atoms with Crippen molar-refractivity contribution in [2.45, 2.75) is 63.8 Å². The van der Waals surface area contributed by atoms with Crippen LogP contribution in [0, 0.1) is 5.92 Å². The number of unbranched alkanes of at least 4 members (excludes halogenated alkanes) is 3. The van der Waals surface area contributed by atoms with E-state index in [9.17, 15) is 0 Å². The van der Waals surface area contributed by atoms with Crippen LogP contribution in [0.25, 0.3) is 0 Å². The number of allylic oxidation sites excluding steroid dienone is 1. The van der Waals surface area contributed by atoms with E-state index in [1.165, 1.54) is 51.4 Å². The molecule has 0 aromatic heterocycles. The summed E-state index contributed by atoms with van der Waals surface area (Å²) in [5.41, 5.74) is 6.08. The maximum Gasteiger partial charge on any atom is 0.00414 e. The fourth-order valence-electron chi connectivity index (χ4n) is 2.15. The summed E-state index contributed by atoms with van der Waals surface area (Å²) in [4.78, 5) is 0. The van der Waals surface area contributed by atoms with Crippen LogP contribution in [0.5, 0.6) is 0 Å². The van der Waals surface area contributed by atoms with E-state index in [2.05, 4.69) is 6.58 Å². The smallest absolute Gasteiger partial charge is 0.00414 e. The van der Waals surface area contributed by atoms with Crippen molar-refractivity contribution in [2.75, 3.05) is 0 Å². The monoisotopic (exact) mass is 195 g/mol. The average molecular weight is 195 g/mol. The second-order valence-corrected chi connectivity index (χ2v) is 4.72. The SMILES string of the molecule is C=CCCCCCC(N)CC1CCC1. The molecule has 2 N–H and O–H groups in total. The third-order valence-corrected chi connectivity index (χ3v) is 3.34. The van der Waals surface area contributed by atoms with Crippen LogP contribution in [0.3, 0.4) is 0 Å². The molecule has 1 heteroatoms. The van der Waals surface area contributed by atoms with Gasteiger partial charge in [0.1, 0.15) is 0 Å². The van der Waals surface area contributed by atoms with Crippen LogP contribution in [0.4, 0.5) is 0 Å². The van der Waals surface area contributed by atoms with Gasteiger partial charge in [-0.15, -0.1) is 6.58 Å². The highest BCUT2D eigenvalue weighted by atomic mass is 14.6. The van der Waals surface area contributed by atoms with Crippen molar-refractivity contribution in [1.82, 2.24) is 0 Å². The van der Waals surface area contributed by atoms with E-state index in [1.807, 2.05) is 6.08 Å². The molecule has 0 heterocycles. The molecule has 14 heavy (non-hydrogen) atoms. The highest BCUT2D eigenvalue weighted by Gasteiger charge is 2.19. The Morgan fingerprint density at radius 2 is 2.07 bits per heavy atom. The summed E-state index contributed by atoms with van der Waals surface area (Å²) in [5, 5.41) is 0. The fourth-order valence-corrected chi connectivity index (χ4v) is 2.15. The summed E-state index contributed by atoms with van der Waals surface area (Å²) in [7, 11) is 0. The molecule has 0 aromatic rings. The van der Waals surface area contributed by atoms with Crippen LogP contribution in [0.2, 0.25) is 0 Å². The second kappa shape index (κ2) is 7.05. The number of nitrogens with two attached hydrogens (primary N) is 1. The largest absolute Gasteiger partial charge is 0.328 e. The summed E-state index contributed by atoms with van der Waals surface area (Å²) in [5.74, 6) is 0.971. The molecule has 0 radical (unpaired) electrons. The second-order valence-electron chi connectivity index (χ2n) is 4.72. The minimum Gasteiger partial charge on any atom is -0.328 e. The summed E-state index contributed by atoms with van der Waals surface area (Å²) in [6.07, 6.45) is 13.9. The molecule has 0 spiro atoms. The maximum absolute atomic E-state index is 6.08. The van der Waals surface area contributed by atoms with Crippen molar-refractivity contribution in [1.29, 1.82) is 0 Å². The zero-order valence-corrected chi connectivity index (χ0v) is 9.38. The standard InChI is InChI=1S/C13H25N/c1-2-3-4-5-6-10-13(14)11-12-8-7-9-12/h2,12-13H,1,3-11,14H2. The van der Waals surface area contributed by atoms with Crippen molar-refractivity contribution >= 4 is 0 Å². The lowest BCUT2D eigenvalue weighted by Crippen LogP contribution is -2.26. The molecule has 0 aromatic carbocycles. The predicted octanol–water partition coefficient (Wildman–Crippen LogP) is 3.64. The van der Waals surface area contributed by atoms with Gasteiger partial charge in [0.25, 0.3) is 0 Å². The van der Waals surface area contributed by atoms with Gasteiger partial charge in [-0.05, 0) is 31.6 Å². The Hall–Kier alpha value is -0.300. The summed E-state index contributed by atoms with van der Waals surface area (Å²) in [6, 6.07) is 0.476. The maximum atomic E-state index is 6.08. The number of hydrogen-bond acceptors (Lipinski definition) is 1. The van der Waals surface area contributed by atoms with E-state index in [0.717, 1.165) is 12.3 Å². The molecule has 1 unspecified atom stereocenters. The van der Waals surface area contributed by atoms with Gasteiger partial charge in [-0.1, -0.05) is 38.2 Å². The number of hydrogen-bond donors (Lipinski definition) is 1. The Balaban J connectivity index is 1.86. The normalized spacial score (nSPS) is 18.9. The molecule has 0 aliphatic heterocycles. The minimum atomic E-state index is 0.476. The third-order valence-electron chi connectivity index (χ3n) is 3.34. The Morgan fingerprint density at radius 3 is 2.64 bits per heavy atom. The Morgan fingerprint density at radius 1 is 1.29 bits per heavy atom. The van der Waals surface area contributed by atoms with E-state index in [0.29, 0.717) is 6.04 Å². The molecule has 1 atom stereocenters. The minimum absolute atomic E-state index is 0.476. The van der Waals surface area contributed by atoms with E-state index in [1.54, 1.807) is 0 Å². The predicted molar refractivity (Wildman–Crippen MR) is 63.2 cm³/mol. The van der Waals surface area contributed by atoms with Gasteiger partial charge in [-0.3, -0.25) is 0 Å². The Bertz CT molecular complexity index is 149. The van der Waals surface area contributed by atoms with Crippen LogP contribution < -0.4 is 5.73 Å². The van der Waals surface area contributed by atoms with Crippen LogP contribution in [-0.2, 0) is 0 Å². The first kappa shape index (κ1) is 11.8. The first-order valence-corrected chi connectivity index (χ1v) is 6.19. The van der Waals surface area contributed by atoms with E-state index in [4.69, 9.17) is 5.73 Å². The van der Waals surface area contributed by atoms with Crippen LogP contribution in [0.15, 0.2) is 12.7 Å². The molecule has 1 aliphatic carbocycles. The summed E-state index contributed by atoms with van der Waals surface area (Å²) >= 11 is 0. The van der Waals surface area contributed by atoms with Gasteiger partial charge >= 0.3 is 0 Å². The molecule has 1 saturated carbocycles. The molecule has 0 amide bonds. The van der Waals surface area contributed by atoms with Crippen LogP contribution in [0.1, 0.15) is 57.8 Å². The quantitative estimate of drug-likeness (QED) is 0.464. The molecule has 82 valence electrons. The zero-order chi connectivity index (χ0) is 10.2. The van der Waals surface area contributed by atoms with Crippen LogP contribution >= 0.6 is 0 Å². The molecule has 1 aliphatic rings. The Labute approximate surface area is 88.8 Å². The molecule has 0 bridgehead atoms.